The monoisotopic (exact) mass is 293 g/mol. The summed E-state index contributed by atoms with van der Waals surface area (Å²) >= 11 is 0. The Balaban J connectivity index is 2.58. The maximum atomic E-state index is 13.8. The van der Waals surface area contributed by atoms with E-state index in [9.17, 15) is 22.0 Å². The van der Waals surface area contributed by atoms with Gasteiger partial charge in [-0.1, -0.05) is 0 Å². The van der Waals surface area contributed by atoms with Gasteiger partial charge in [-0.2, -0.15) is 0 Å². The van der Waals surface area contributed by atoms with Crippen molar-refractivity contribution in [1.29, 1.82) is 0 Å². The third-order valence-electron chi connectivity index (χ3n) is 3.07. The Bertz CT molecular complexity index is 529. The smallest absolute Gasteiger partial charge is 0.200 e. The van der Waals surface area contributed by atoms with Gasteiger partial charge in [0.05, 0.1) is 18.2 Å². The zero-order valence-electron chi connectivity index (χ0n) is 10.6. The number of halogens is 5. The van der Waals surface area contributed by atoms with Crippen LogP contribution in [0.1, 0.15) is 24.4 Å². The average molecular weight is 293 g/mol. The largest absolute Gasteiger partial charge is 0.496 e. The van der Waals surface area contributed by atoms with Crippen molar-refractivity contribution in [3.63, 3.8) is 0 Å². The minimum Gasteiger partial charge on any atom is -0.496 e. The summed E-state index contributed by atoms with van der Waals surface area (Å²) < 4.78 is 72.2. The van der Waals surface area contributed by atoms with Crippen molar-refractivity contribution in [3.8, 4) is 0 Å². The fraction of sp³-hybridized carbons (Fsp3) is 0.385. The maximum absolute atomic E-state index is 13.8. The third kappa shape index (κ3) is 2.37. The molecule has 110 valence electrons. The van der Waals surface area contributed by atoms with Crippen molar-refractivity contribution in [2.75, 3.05) is 13.7 Å². The quantitative estimate of drug-likeness (QED) is 0.524. The first-order chi connectivity index (χ1) is 9.49. The fourth-order valence-corrected chi connectivity index (χ4v) is 2.08. The van der Waals surface area contributed by atoms with Gasteiger partial charge >= 0.3 is 0 Å². The van der Waals surface area contributed by atoms with Crippen molar-refractivity contribution in [3.05, 3.63) is 46.5 Å². The van der Waals surface area contributed by atoms with E-state index in [-0.39, 0.29) is 5.76 Å². The van der Waals surface area contributed by atoms with E-state index < -0.39 is 40.7 Å². The molecule has 1 heterocycles. The number of hydrogen-bond donors (Lipinski definition) is 1. The van der Waals surface area contributed by atoms with Gasteiger partial charge < -0.3 is 10.1 Å². The Labute approximate surface area is 112 Å². The van der Waals surface area contributed by atoms with Crippen molar-refractivity contribution in [2.24, 2.45) is 0 Å². The number of hydrogen-bond acceptors (Lipinski definition) is 2. The molecule has 20 heavy (non-hydrogen) atoms. The van der Waals surface area contributed by atoms with Crippen LogP contribution in [-0.2, 0) is 4.74 Å². The Morgan fingerprint density at radius 3 is 2.00 bits per heavy atom. The molecule has 2 rings (SSSR count). The standard InChI is InChI=1S/C13H12F5NO/c1-19-13(6-4-2-3-5-20-6)7-8(14)10(16)12(18)11(17)9(7)15/h4,13,19H,2-3,5H2,1H3. The van der Waals surface area contributed by atoms with Gasteiger partial charge in [-0.3, -0.25) is 0 Å². The lowest BCUT2D eigenvalue weighted by Crippen LogP contribution is -2.25. The van der Waals surface area contributed by atoms with Crippen LogP contribution in [0.5, 0.6) is 0 Å². The molecule has 1 aromatic carbocycles. The summed E-state index contributed by atoms with van der Waals surface area (Å²) in [4.78, 5) is 0. The second kappa shape index (κ2) is 5.78. The molecule has 0 saturated carbocycles. The molecule has 1 unspecified atom stereocenters. The Morgan fingerprint density at radius 1 is 1.00 bits per heavy atom. The van der Waals surface area contributed by atoms with Crippen LogP contribution in [0.2, 0.25) is 0 Å². The molecule has 1 aliphatic heterocycles. The number of allylic oxidation sites excluding steroid dienone is 1. The molecule has 0 bridgehead atoms. The molecule has 2 nitrogen and oxygen atoms in total. The molecular formula is C13H12F5NO. The molecule has 1 aliphatic rings. The number of rotatable bonds is 3. The molecule has 0 aliphatic carbocycles. The van der Waals surface area contributed by atoms with E-state index in [0.29, 0.717) is 13.0 Å². The number of ether oxygens (including phenoxy) is 1. The zero-order chi connectivity index (χ0) is 14.9. The van der Waals surface area contributed by atoms with Gasteiger partial charge in [0.2, 0.25) is 5.82 Å². The van der Waals surface area contributed by atoms with Gasteiger partial charge in [0, 0.05) is 0 Å². The molecule has 1 N–H and O–H groups in total. The highest BCUT2D eigenvalue weighted by Gasteiger charge is 2.32. The molecule has 1 atom stereocenters. The zero-order valence-corrected chi connectivity index (χ0v) is 10.6. The van der Waals surface area contributed by atoms with Crippen molar-refractivity contribution in [1.82, 2.24) is 5.32 Å². The molecule has 0 fully saturated rings. The second-order valence-corrected chi connectivity index (χ2v) is 4.30. The van der Waals surface area contributed by atoms with Gasteiger partial charge in [-0.15, -0.1) is 0 Å². The van der Waals surface area contributed by atoms with Gasteiger partial charge in [-0.25, -0.2) is 22.0 Å². The van der Waals surface area contributed by atoms with Crippen LogP contribution in [-0.4, -0.2) is 13.7 Å². The van der Waals surface area contributed by atoms with E-state index in [1.165, 1.54) is 7.05 Å². The second-order valence-electron chi connectivity index (χ2n) is 4.30. The van der Waals surface area contributed by atoms with Crippen LogP contribution in [0.3, 0.4) is 0 Å². The van der Waals surface area contributed by atoms with Crippen molar-refractivity contribution in [2.45, 2.75) is 18.9 Å². The van der Waals surface area contributed by atoms with E-state index in [4.69, 9.17) is 4.74 Å². The summed E-state index contributed by atoms with van der Waals surface area (Å²) in [5.41, 5.74) is -0.933. The molecule has 0 aromatic heterocycles. The molecule has 1 aromatic rings. The number of benzene rings is 1. The Hall–Kier alpha value is -1.63. The summed E-state index contributed by atoms with van der Waals surface area (Å²) in [7, 11) is 1.35. The molecule has 0 radical (unpaired) electrons. The van der Waals surface area contributed by atoms with E-state index in [0.717, 1.165) is 6.42 Å². The third-order valence-corrected chi connectivity index (χ3v) is 3.07. The lowest BCUT2D eigenvalue weighted by atomic mass is 10.0. The van der Waals surface area contributed by atoms with Gasteiger partial charge in [0.1, 0.15) is 5.76 Å². The summed E-state index contributed by atoms with van der Waals surface area (Å²) in [6, 6.07) is -1.22. The molecular weight excluding hydrogens is 281 g/mol. The first kappa shape index (κ1) is 14.8. The molecule has 0 spiro atoms. The topological polar surface area (TPSA) is 21.3 Å². The van der Waals surface area contributed by atoms with Gasteiger partial charge in [-0.05, 0) is 26.0 Å². The van der Waals surface area contributed by atoms with Crippen LogP contribution >= 0.6 is 0 Å². The Morgan fingerprint density at radius 2 is 1.55 bits per heavy atom. The van der Waals surface area contributed by atoms with Crippen molar-refractivity contribution < 1.29 is 26.7 Å². The normalized spacial score (nSPS) is 16.6. The summed E-state index contributed by atoms with van der Waals surface area (Å²) in [6.07, 6.45) is 2.92. The van der Waals surface area contributed by atoms with Crippen LogP contribution in [0, 0.1) is 29.1 Å². The highest BCUT2D eigenvalue weighted by atomic mass is 19.2. The number of nitrogens with one attached hydrogen (secondary N) is 1. The van der Waals surface area contributed by atoms with Gasteiger partial charge in [0.15, 0.2) is 23.3 Å². The summed E-state index contributed by atoms with van der Waals surface area (Å²) in [6.45, 7) is 0.333. The molecule has 0 saturated heterocycles. The predicted molar refractivity (Wildman–Crippen MR) is 61.3 cm³/mol. The van der Waals surface area contributed by atoms with Crippen LogP contribution in [0.4, 0.5) is 22.0 Å². The Kier molecular flexibility index (Phi) is 4.27. The lowest BCUT2D eigenvalue weighted by Gasteiger charge is -2.24. The SMILES string of the molecule is CNC(C1=CCCCO1)c1c(F)c(F)c(F)c(F)c1F. The fourth-order valence-electron chi connectivity index (χ4n) is 2.08. The highest BCUT2D eigenvalue weighted by molar-refractivity contribution is 5.31. The number of likely N-dealkylation sites (N-methyl/N-ethyl adjacent to an activating group) is 1. The summed E-state index contributed by atoms with van der Waals surface area (Å²) in [5, 5.41) is 2.51. The first-order valence-corrected chi connectivity index (χ1v) is 6.00. The van der Waals surface area contributed by atoms with Crippen LogP contribution in [0.25, 0.3) is 0 Å². The van der Waals surface area contributed by atoms with Crippen LogP contribution < -0.4 is 5.32 Å². The van der Waals surface area contributed by atoms with Gasteiger partial charge in [0.25, 0.3) is 0 Å². The summed E-state index contributed by atoms with van der Waals surface area (Å²) in [5.74, 6) is -9.64. The highest BCUT2D eigenvalue weighted by Crippen LogP contribution is 2.33. The predicted octanol–water partition coefficient (Wildman–Crippen LogP) is 3.34. The van der Waals surface area contributed by atoms with E-state index in [1.54, 1.807) is 6.08 Å². The molecule has 0 amide bonds. The minimum atomic E-state index is -2.17. The van der Waals surface area contributed by atoms with E-state index in [1.807, 2.05) is 0 Å². The van der Waals surface area contributed by atoms with E-state index >= 15 is 0 Å². The lowest BCUT2D eigenvalue weighted by molar-refractivity contribution is 0.167. The van der Waals surface area contributed by atoms with Crippen molar-refractivity contribution >= 4 is 0 Å². The average Bonchev–Trinajstić information content (AvgIpc) is 2.48. The first-order valence-electron chi connectivity index (χ1n) is 6.00. The van der Waals surface area contributed by atoms with Crippen LogP contribution in [0.15, 0.2) is 11.8 Å². The molecule has 7 heteroatoms. The maximum Gasteiger partial charge on any atom is 0.200 e. The van der Waals surface area contributed by atoms with E-state index in [2.05, 4.69) is 5.32 Å². The minimum absolute atomic E-state index is 0.155.